The molecule has 9 aliphatic rings. The molecule has 3 amide bonds. The Hall–Kier alpha value is -8.15. The molecule has 4 saturated heterocycles. The Kier molecular flexibility index (Phi) is 35.0. The second kappa shape index (κ2) is 43.0. The molecule has 0 unspecified atom stereocenters. The van der Waals surface area contributed by atoms with Crippen molar-refractivity contribution in [3.05, 3.63) is 144 Å². The number of carboxylic acids is 3. The van der Waals surface area contributed by atoms with E-state index in [9.17, 15) is 52.7 Å². The summed E-state index contributed by atoms with van der Waals surface area (Å²) in [6.07, 6.45) is 18.6. The van der Waals surface area contributed by atoms with Crippen LogP contribution in [0.4, 0.5) is 0 Å². The van der Waals surface area contributed by atoms with Crippen molar-refractivity contribution in [1.82, 2.24) is 16.0 Å². The van der Waals surface area contributed by atoms with E-state index in [1.807, 2.05) is 151 Å². The van der Waals surface area contributed by atoms with E-state index in [-0.39, 0.29) is 94.5 Å². The number of nitrogens with one attached hydrogen (secondary N) is 3. The number of amides is 3. The van der Waals surface area contributed by atoms with Gasteiger partial charge >= 0.3 is 17.9 Å². The predicted molar refractivity (Wildman–Crippen MR) is 431 cm³/mol. The number of epoxide rings is 4. The van der Waals surface area contributed by atoms with Crippen LogP contribution in [0.25, 0.3) is 0 Å². The van der Waals surface area contributed by atoms with Crippen LogP contribution in [0.3, 0.4) is 0 Å². The number of hydrogen-bond donors (Lipinski definition) is 7. The standard InChI is InChI=1S/C23H31NO4.2C19H25NO3.C13H16O2.C7H12O2.C6H11NO2.C4H8O2/c1-15(2)20(25)13-18(11-17-9-10-17)22(27)24-19(21(26)23(3)14-28-23)12-16-7-5-4-6-8-16;2*1-13(10-15-8-9-15)18(22)20-16(17(21)19(2)12-23-19)11-14-6-4-3-5-7-14;1-10(12(14)13(2)9-15-13)8-11-6-4-3-5-7-11;1-5(7(8)9)4-6-2-3-6;7-5(6(8)9)3-4-1-2-4;1-3(2)4(5)6/h4-8,15,17-19H,9-14H2,1-3H3,(H,24,27);2*3-7,13,15-16H,8-12H2,1-2H3,(H,20,22);3-7,10H,8-9H2,1-2H3;5-6H,2-4H2,1H3,(H,8,9);4-5H,1-3,7H2,(H,8,9);3H,1-2H3,(H,5,6)/t18-,19+,23-;2*13-,16-,19+;10-,13+;2*5-;/m100000./s1. The summed E-state index contributed by atoms with van der Waals surface area (Å²) in [6, 6.07) is 37.1. The molecular weight excluding hydrogens is 1440 g/mol. The Balaban J connectivity index is 0.000000192. The van der Waals surface area contributed by atoms with Gasteiger partial charge in [0.25, 0.3) is 0 Å². The third-order valence-corrected chi connectivity index (χ3v) is 22.3. The van der Waals surface area contributed by atoms with Crippen LogP contribution < -0.4 is 21.7 Å². The van der Waals surface area contributed by atoms with E-state index < -0.39 is 64.5 Å². The summed E-state index contributed by atoms with van der Waals surface area (Å²) in [5.41, 5.74) is 6.84. The second-order valence-corrected chi connectivity index (χ2v) is 34.8. The molecule has 4 heterocycles. The van der Waals surface area contributed by atoms with Crippen LogP contribution in [0.1, 0.15) is 208 Å². The van der Waals surface area contributed by atoms with Crippen LogP contribution in [0.2, 0.25) is 0 Å². The molecule has 13 rings (SSSR count). The van der Waals surface area contributed by atoms with Crippen LogP contribution in [-0.2, 0) is 97.4 Å². The van der Waals surface area contributed by atoms with Gasteiger partial charge in [0.05, 0.1) is 56.4 Å². The zero-order valence-corrected chi connectivity index (χ0v) is 68.8. The van der Waals surface area contributed by atoms with Gasteiger partial charge in [0.1, 0.15) is 34.2 Å². The Bertz CT molecular complexity index is 3620. The van der Waals surface area contributed by atoms with Gasteiger partial charge in [0.2, 0.25) is 17.7 Å². The fraction of sp³-hybridized carbons (Fsp3) is 0.615. The first-order valence-electron chi connectivity index (χ1n) is 41.2. The minimum Gasteiger partial charge on any atom is -0.481 e. The first-order valence-corrected chi connectivity index (χ1v) is 41.2. The van der Waals surface area contributed by atoms with Crippen molar-refractivity contribution >= 4 is 64.5 Å². The summed E-state index contributed by atoms with van der Waals surface area (Å²) in [4.78, 5) is 131. The fourth-order valence-electron chi connectivity index (χ4n) is 13.0. The van der Waals surface area contributed by atoms with Crippen molar-refractivity contribution in [2.24, 2.45) is 76.7 Å². The molecule has 22 heteroatoms. The Morgan fingerprint density at radius 3 is 0.885 bits per heavy atom. The third kappa shape index (κ3) is 33.7. The lowest BCUT2D eigenvalue weighted by Gasteiger charge is -2.23. The highest BCUT2D eigenvalue weighted by Gasteiger charge is 2.53. The SMILES string of the molecule is CC(C)C(=O)C[C@@H](CC1CC1)C(=O)N[C@@H](Cc1ccccc1)C(=O)[C@@]1(C)CO1.CC(C)C(=O)O.C[C@@H](CC1CC1)C(=O)N[C@@H](Cc1ccccc1)C(=O)[C@@]1(C)CO1.C[C@@H](CC1CC1)C(=O)N[C@@H](Cc1ccccc1)C(=O)[C@@]1(C)CO1.C[C@@H](CC1CC1)C(=O)O.C[C@@H](Cc1ccccc1)C(=O)[C@@]1(C)CO1.N[C@@H](CC1CC1)C(=O)O. The largest absolute Gasteiger partial charge is 0.481 e. The van der Waals surface area contributed by atoms with Crippen molar-refractivity contribution < 1.29 is 87.0 Å². The number of nitrogens with two attached hydrogens (primary N) is 1. The van der Waals surface area contributed by atoms with Gasteiger partial charge in [0, 0.05) is 36.0 Å². The molecular formula is C91H128N4O18. The molecule has 0 spiro atoms. The van der Waals surface area contributed by atoms with E-state index in [0.717, 1.165) is 67.6 Å². The van der Waals surface area contributed by atoms with Crippen LogP contribution in [0.15, 0.2) is 121 Å². The van der Waals surface area contributed by atoms with Gasteiger partial charge in [-0.05, 0) is 137 Å². The minimum atomic E-state index is -0.873. The highest BCUT2D eigenvalue weighted by molar-refractivity contribution is 5.99. The van der Waals surface area contributed by atoms with Gasteiger partial charge in [-0.15, -0.1) is 0 Å². The zero-order valence-electron chi connectivity index (χ0n) is 68.8. The molecule has 4 aliphatic heterocycles. The molecule has 620 valence electrons. The summed E-state index contributed by atoms with van der Waals surface area (Å²) in [7, 11) is 0. The number of aliphatic carboxylic acids is 3. The lowest BCUT2D eigenvalue weighted by molar-refractivity contribution is -0.142. The molecule has 113 heavy (non-hydrogen) atoms. The topological polar surface area (TPSA) is 361 Å². The predicted octanol–water partition coefficient (Wildman–Crippen LogP) is 12.8. The summed E-state index contributed by atoms with van der Waals surface area (Å²) < 4.78 is 21.1. The minimum absolute atomic E-state index is 0.0181. The molecule has 4 aromatic rings. The second-order valence-electron chi connectivity index (χ2n) is 34.8. The molecule has 4 aromatic carbocycles. The number of benzene rings is 4. The van der Waals surface area contributed by atoms with Crippen LogP contribution in [0, 0.1) is 71.0 Å². The van der Waals surface area contributed by atoms with Crippen molar-refractivity contribution in [3.63, 3.8) is 0 Å². The van der Waals surface area contributed by atoms with Gasteiger partial charge in [-0.2, -0.15) is 0 Å². The molecule has 22 nitrogen and oxygen atoms in total. The van der Waals surface area contributed by atoms with Gasteiger partial charge in [-0.3, -0.25) is 52.7 Å². The van der Waals surface area contributed by atoms with Gasteiger partial charge in [-0.1, -0.05) is 241 Å². The number of carbonyl (C=O) groups excluding carboxylic acids is 8. The molecule has 13 atom stereocenters. The van der Waals surface area contributed by atoms with E-state index in [0.29, 0.717) is 75.8 Å². The molecule has 5 saturated carbocycles. The molecule has 5 aliphatic carbocycles. The summed E-state index contributed by atoms with van der Waals surface area (Å²) in [6.45, 7) is 23.8. The van der Waals surface area contributed by atoms with E-state index in [1.165, 1.54) is 56.9 Å². The monoisotopic (exact) mass is 1560 g/mol. The molecule has 9 fully saturated rings. The zero-order chi connectivity index (χ0) is 83.0. The average Bonchev–Trinajstić information content (AvgIpc) is 1.66. The number of hydrogen-bond acceptors (Lipinski definition) is 16. The van der Waals surface area contributed by atoms with E-state index in [1.54, 1.807) is 41.5 Å². The highest BCUT2D eigenvalue weighted by Crippen LogP contribution is 2.40. The number of carboxylic acid groups (broad SMARTS) is 3. The maximum atomic E-state index is 13.1. The first-order chi connectivity index (χ1) is 53.4. The number of Topliss-reactive ketones (excluding diaryl/α,β-unsaturated/α-hetero) is 5. The molecule has 0 aromatic heterocycles. The average molecular weight is 1570 g/mol. The summed E-state index contributed by atoms with van der Waals surface area (Å²) in [5, 5.41) is 33.7. The summed E-state index contributed by atoms with van der Waals surface area (Å²) in [5.74, 6) is 0.135. The smallest absolute Gasteiger partial charge is 0.320 e. The third-order valence-electron chi connectivity index (χ3n) is 22.3. The van der Waals surface area contributed by atoms with E-state index in [2.05, 4.69) is 28.1 Å². The highest BCUT2D eigenvalue weighted by atomic mass is 16.6. The molecule has 0 radical (unpaired) electrons. The number of ketones is 5. The van der Waals surface area contributed by atoms with Crippen molar-refractivity contribution in [2.75, 3.05) is 26.4 Å². The van der Waals surface area contributed by atoms with E-state index in [4.69, 9.17) is 40.0 Å². The lowest BCUT2D eigenvalue weighted by Crippen LogP contribution is -2.49. The quantitative estimate of drug-likeness (QED) is 0.0205. The van der Waals surface area contributed by atoms with Crippen molar-refractivity contribution in [1.29, 1.82) is 0 Å². The van der Waals surface area contributed by atoms with Gasteiger partial charge < -0.3 is 56.0 Å². The first kappa shape index (κ1) is 92.0. The lowest BCUT2D eigenvalue weighted by atomic mass is 9.89. The number of ether oxygens (including phenoxy) is 4. The molecule has 0 bridgehead atoms. The van der Waals surface area contributed by atoms with Crippen LogP contribution in [-0.4, -0.2) is 153 Å². The maximum Gasteiger partial charge on any atom is 0.320 e. The van der Waals surface area contributed by atoms with Crippen LogP contribution >= 0.6 is 0 Å². The Morgan fingerprint density at radius 2 is 0.619 bits per heavy atom. The Morgan fingerprint density at radius 1 is 0.354 bits per heavy atom. The van der Waals surface area contributed by atoms with E-state index >= 15 is 0 Å². The van der Waals surface area contributed by atoms with Crippen molar-refractivity contribution in [3.8, 4) is 0 Å². The van der Waals surface area contributed by atoms with Crippen molar-refractivity contribution in [2.45, 2.75) is 258 Å². The number of carbonyl (C=O) groups is 11. The Labute approximate surface area is 669 Å². The molecule has 8 N–H and O–H groups in total. The normalized spacial score (nSPS) is 23.5. The van der Waals surface area contributed by atoms with Crippen LogP contribution in [0.5, 0.6) is 0 Å². The van der Waals surface area contributed by atoms with Gasteiger partial charge in [-0.25, -0.2) is 0 Å². The summed E-state index contributed by atoms with van der Waals surface area (Å²) >= 11 is 0. The number of rotatable bonds is 38. The fourth-order valence-corrected chi connectivity index (χ4v) is 13.0. The maximum absolute atomic E-state index is 13.1. The van der Waals surface area contributed by atoms with Gasteiger partial charge in [0.15, 0.2) is 23.1 Å².